The van der Waals surface area contributed by atoms with E-state index in [0.29, 0.717) is 12.5 Å². The van der Waals surface area contributed by atoms with Gasteiger partial charge < -0.3 is 10.1 Å². The smallest absolute Gasteiger partial charge is 0.266 e. The molecule has 1 fully saturated rings. The maximum absolute atomic E-state index is 11.5. The SMILES string of the molecule is CNC(Cn1ncccc1=O)C1CCOC1. The number of rotatable bonds is 4. The summed E-state index contributed by atoms with van der Waals surface area (Å²) in [6.07, 6.45) is 2.69. The van der Waals surface area contributed by atoms with Crippen molar-refractivity contribution >= 4 is 0 Å². The first-order chi connectivity index (χ1) is 7.81. The molecule has 1 aliphatic heterocycles. The Balaban J connectivity index is 2.06. The first-order valence-corrected chi connectivity index (χ1v) is 5.58. The molecule has 2 rings (SSSR count). The van der Waals surface area contributed by atoms with Crippen LogP contribution in [0.15, 0.2) is 23.1 Å². The van der Waals surface area contributed by atoms with E-state index in [2.05, 4.69) is 10.4 Å². The van der Waals surface area contributed by atoms with Gasteiger partial charge in [-0.1, -0.05) is 0 Å². The molecular formula is C11H17N3O2. The molecule has 5 nitrogen and oxygen atoms in total. The zero-order valence-corrected chi connectivity index (χ0v) is 9.43. The summed E-state index contributed by atoms with van der Waals surface area (Å²) in [7, 11) is 1.91. The molecule has 0 aromatic carbocycles. The van der Waals surface area contributed by atoms with Gasteiger partial charge in [-0.05, 0) is 19.5 Å². The molecule has 0 radical (unpaired) electrons. The van der Waals surface area contributed by atoms with Crippen molar-refractivity contribution in [2.24, 2.45) is 5.92 Å². The van der Waals surface area contributed by atoms with Gasteiger partial charge in [0, 0.05) is 30.8 Å². The van der Waals surface area contributed by atoms with E-state index in [1.165, 1.54) is 10.7 Å². The molecule has 1 aromatic heterocycles. The van der Waals surface area contributed by atoms with Crippen LogP contribution in [0.2, 0.25) is 0 Å². The minimum atomic E-state index is -0.0540. The van der Waals surface area contributed by atoms with Gasteiger partial charge in [-0.2, -0.15) is 5.10 Å². The van der Waals surface area contributed by atoms with Crippen LogP contribution in [0, 0.1) is 5.92 Å². The second-order valence-corrected chi connectivity index (χ2v) is 4.06. The molecule has 0 bridgehead atoms. The Labute approximate surface area is 94.4 Å². The molecule has 16 heavy (non-hydrogen) atoms. The zero-order chi connectivity index (χ0) is 11.4. The highest BCUT2D eigenvalue weighted by molar-refractivity contribution is 4.87. The quantitative estimate of drug-likeness (QED) is 0.772. The van der Waals surface area contributed by atoms with Crippen molar-refractivity contribution < 1.29 is 4.74 Å². The van der Waals surface area contributed by atoms with Gasteiger partial charge in [-0.3, -0.25) is 4.79 Å². The number of nitrogens with zero attached hydrogens (tertiary/aromatic N) is 2. The van der Waals surface area contributed by atoms with Crippen molar-refractivity contribution in [2.75, 3.05) is 20.3 Å². The lowest BCUT2D eigenvalue weighted by molar-refractivity contribution is 0.174. The predicted molar refractivity (Wildman–Crippen MR) is 60.3 cm³/mol. The molecule has 2 atom stereocenters. The van der Waals surface area contributed by atoms with Crippen LogP contribution in [0.1, 0.15) is 6.42 Å². The van der Waals surface area contributed by atoms with Crippen molar-refractivity contribution in [1.29, 1.82) is 0 Å². The molecule has 0 saturated carbocycles. The fourth-order valence-corrected chi connectivity index (χ4v) is 2.06. The molecule has 0 aliphatic carbocycles. The van der Waals surface area contributed by atoms with Crippen molar-refractivity contribution in [3.63, 3.8) is 0 Å². The number of nitrogens with one attached hydrogen (secondary N) is 1. The highest BCUT2D eigenvalue weighted by atomic mass is 16.5. The van der Waals surface area contributed by atoms with Crippen LogP contribution in [-0.2, 0) is 11.3 Å². The highest BCUT2D eigenvalue weighted by Crippen LogP contribution is 2.17. The molecule has 1 aromatic rings. The van der Waals surface area contributed by atoms with Gasteiger partial charge in [-0.15, -0.1) is 0 Å². The van der Waals surface area contributed by atoms with E-state index >= 15 is 0 Å². The number of ether oxygens (including phenoxy) is 1. The largest absolute Gasteiger partial charge is 0.381 e. The van der Waals surface area contributed by atoms with Gasteiger partial charge in [0.15, 0.2) is 0 Å². The van der Waals surface area contributed by atoms with Gasteiger partial charge >= 0.3 is 0 Å². The van der Waals surface area contributed by atoms with Gasteiger partial charge in [-0.25, -0.2) is 4.68 Å². The molecule has 88 valence electrons. The monoisotopic (exact) mass is 223 g/mol. The molecule has 2 heterocycles. The maximum atomic E-state index is 11.5. The summed E-state index contributed by atoms with van der Waals surface area (Å²) in [6, 6.07) is 3.44. The lowest BCUT2D eigenvalue weighted by atomic mass is 9.99. The third-order valence-electron chi connectivity index (χ3n) is 3.06. The maximum Gasteiger partial charge on any atom is 0.266 e. The minimum absolute atomic E-state index is 0.0540. The number of hydrogen-bond acceptors (Lipinski definition) is 4. The van der Waals surface area contributed by atoms with E-state index in [4.69, 9.17) is 4.74 Å². The Bertz CT molecular complexity index is 385. The summed E-state index contributed by atoms with van der Waals surface area (Å²) >= 11 is 0. The molecule has 0 amide bonds. The van der Waals surface area contributed by atoms with Crippen molar-refractivity contribution in [1.82, 2.24) is 15.1 Å². The summed E-state index contributed by atoms with van der Waals surface area (Å²) in [5, 5.41) is 7.30. The van der Waals surface area contributed by atoms with E-state index in [-0.39, 0.29) is 11.6 Å². The lowest BCUT2D eigenvalue weighted by Crippen LogP contribution is -2.41. The first-order valence-electron chi connectivity index (χ1n) is 5.58. The fourth-order valence-electron chi connectivity index (χ4n) is 2.06. The first kappa shape index (κ1) is 11.3. The predicted octanol–water partition coefficient (Wildman–Crippen LogP) is -0.132. The third-order valence-corrected chi connectivity index (χ3v) is 3.06. The highest BCUT2D eigenvalue weighted by Gasteiger charge is 2.25. The Kier molecular flexibility index (Phi) is 3.69. The number of likely N-dealkylation sites (N-methyl/N-ethyl adjacent to an activating group) is 1. The summed E-state index contributed by atoms with van der Waals surface area (Å²) in [5.74, 6) is 0.471. The van der Waals surface area contributed by atoms with E-state index in [1.807, 2.05) is 7.05 Å². The standard InChI is InChI=1S/C11H17N3O2/c1-12-10(9-4-6-16-8-9)7-14-11(15)3-2-5-13-14/h2-3,5,9-10,12H,4,6-8H2,1H3. The normalized spacial score (nSPS) is 22.2. The second kappa shape index (κ2) is 5.23. The second-order valence-electron chi connectivity index (χ2n) is 4.06. The van der Waals surface area contributed by atoms with E-state index in [9.17, 15) is 4.79 Å². The van der Waals surface area contributed by atoms with Gasteiger partial charge in [0.2, 0.25) is 0 Å². The van der Waals surface area contributed by atoms with Crippen LogP contribution < -0.4 is 10.9 Å². The summed E-state index contributed by atoms with van der Waals surface area (Å²) < 4.78 is 6.86. The Morgan fingerprint density at radius 2 is 2.62 bits per heavy atom. The summed E-state index contributed by atoms with van der Waals surface area (Å²) in [5.41, 5.74) is -0.0540. The Morgan fingerprint density at radius 1 is 1.75 bits per heavy atom. The van der Waals surface area contributed by atoms with Crippen LogP contribution in [0.4, 0.5) is 0 Å². The summed E-state index contributed by atoms with van der Waals surface area (Å²) in [6.45, 7) is 2.19. The Morgan fingerprint density at radius 3 is 3.25 bits per heavy atom. The fraction of sp³-hybridized carbons (Fsp3) is 0.636. The molecule has 1 saturated heterocycles. The van der Waals surface area contributed by atoms with E-state index in [0.717, 1.165) is 19.6 Å². The summed E-state index contributed by atoms with van der Waals surface area (Å²) in [4.78, 5) is 11.5. The van der Waals surface area contributed by atoms with Crippen LogP contribution in [-0.4, -0.2) is 36.1 Å². The van der Waals surface area contributed by atoms with Crippen LogP contribution in [0.3, 0.4) is 0 Å². The van der Waals surface area contributed by atoms with Gasteiger partial charge in [0.25, 0.3) is 5.56 Å². The van der Waals surface area contributed by atoms with Crippen molar-refractivity contribution in [3.05, 3.63) is 28.7 Å². The topological polar surface area (TPSA) is 56.2 Å². The molecule has 5 heteroatoms. The van der Waals surface area contributed by atoms with E-state index in [1.54, 1.807) is 12.3 Å². The number of aromatic nitrogens is 2. The molecule has 1 N–H and O–H groups in total. The van der Waals surface area contributed by atoms with E-state index < -0.39 is 0 Å². The molecular weight excluding hydrogens is 206 g/mol. The van der Waals surface area contributed by atoms with Crippen LogP contribution in [0.5, 0.6) is 0 Å². The zero-order valence-electron chi connectivity index (χ0n) is 9.43. The lowest BCUT2D eigenvalue weighted by Gasteiger charge is -2.21. The van der Waals surface area contributed by atoms with Crippen LogP contribution >= 0.6 is 0 Å². The minimum Gasteiger partial charge on any atom is -0.381 e. The van der Waals surface area contributed by atoms with Gasteiger partial charge in [0.1, 0.15) is 0 Å². The average Bonchev–Trinajstić information content (AvgIpc) is 2.81. The van der Waals surface area contributed by atoms with Crippen molar-refractivity contribution in [3.8, 4) is 0 Å². The molecule has 1 aliphatic rings. The Hall–Kier alpha value is -1.20. The third kappa shape index (κ3) is 2.48. The van der Waals surface area contributed by atoms with Crippen LogP contribution in [0.25, 0.3) is 0 Å². The average molecular weight is 223 g/mol. The van der Waals surface area contributed by atoms with Crippen molar-refractivity contribution in [2.45, 2.75) is 19.0 Å². The molecule has 0 spiro atoms. The number of hydrogen-bond donors (Lipinski definition) is 1. The van der Waals surface area contributed by atoms with Gasteiger partial charge in [0.05, 0.1) is 13.2 Å². The molecule has 2 unspecified atom stereocenters.